The van der Waals surface area contributed by atoms with Gasteiger partial charge in [-0.2, -0.15) is 0 Å². The molecular formula is C14H18N4O6. The Morgan fingerprint density at radius 1 is 1.21 bits per heavy atom. The molecule has 2 aliphatic rings. The molecule has 2 rings (SSSR count). The molecule has 1 saturated heterocycles. The molecule has 0 aliphatic carbocycles. The van der Waals surface area contributed by atoms with Gasteiger partial charge in [0.05, 0.1) is 31.0 Å². The standard InChI is InChI=1S/C14H18N4O6/c1-4-24-12(21)8-5-15-13(22)16-9(8)6-17-10(19)11(20)18(7(2)3)14(17)23/h7H,4-6H2,1-3H3,(H2,15,16,22). The summed E-state index contributed by atoms with van der Waals surface area (Å²) in [6.45, 7) is 4.46. The molecule has 10 nitrogen and oxygen atoms in total. The molecule has 130 valence electrons. The van der Waals surface area contributed by atoms with Crippen LogP contribution in [0.1, 0.15) is 20.8 Å². The van der Waals surface area contributed by atoms with Gasteiger partial charge in [0.2, 0.25) is 0 Å². The highest BCUT2D eigenvalue weighted by Crippen LogP contribution is 2.18. The second-order valence-corrected chi connectivity index (χ2v) is 5.43. The second-order valence-electron chi connectivity index (χ2n) is 5.43. The van der Waals surface area contributed by atoms with E-state index in [-0.39, 0.29) is 24.4 Å². The molecule has 2 heterocycles. The van der Waals surface area contributed by atoms with Gasteiger partial charge in [-0.25, -0.2) is 19.3 Å². The lowest BCUT2D eigenvalue weighted by atomic mass is 10.1. The Morgan fingerprint density at radius 3 is 2.42 bits per heavy atom. The average molecular weight is 338 g/mol. The predicted octanol–water partition coefficient (Wildman–Crippen LogP) is -0.684. The van der Waals surface area contributed by atoms with Crippen LogP contribution >= 0.6 is 0 Å². The van der Waals surface area contributed by atoms with Gasteiger partial charge < -0.3 is 15.4 Å². The highest BCUT2D eigenvalue weighted by atomic mass is 16.5. The van der Waals surface area contributed by atoms with E-state index in [2.05, 4.69) is 10.6 Å². The van der Waals surface area contributed by atoms with Crippen molar-refractivity contribution in [2.75, 3.05) is 19.7 Å². The average Bonchev–Trinajstić information content (AvgIpc) is 2.71. The Hall–Kier alpha value is -2.91. The molecular weight excluding hydrogens is 320 g/mol. The third-order valence-electron chi connectivity index (χ3n) is 3.49. The fourth-order valence-electron chi connectivity index (χ4n) is 2.36. The van der Waals surface area contributed by atoms with Gasteiger partial charge in [0, 0.05) is 6.04 Å². The summed E-state index contributed by atoms with van der Waals surface area (Å²) in [6, 6.07) is -1.85. The zero-order valence-corrected chi connectivity index (χ0v) is 13.5. The topological polar surface area (TPSA) is 125 Å². The second kappa shape index (κ2) is 6.69. The van der Waals surface area contributed by atoms with Crippen molar-refractivity contribution in [1.82, 2.24) is 20.4 Å². The summed E-state index contributed by atoms with van der Waals surface area (Å²) in [5.41, 5.74) is 0.143. The largest absolute Gasteiger partial charge is 0.463 e. The predicted molar refractivity (Wildman–Crippen MR) is 79.3 cm³/mol. The van der Waals surface area contributed by atoms with Gasteiger partial charge in [-0.3, -0.25) is 14.5 Å². The van der Waals surface area contributed by atoms with Gasteiger partial charge in [-0.05, 0) is 20.8 Å². The maximum atomic E-state index is 12.3. The number of carbonyl (C=O) groups is 5. The summed E-state index contributed by atoms with van der Waals surface area (Å²) >= 11 is 0. The fraction of sp³-hybridized carbons (Fsp3) is 0.500. The summed E-state index contributed by atoms with van der Waals surface area (Å²) in [5.74, 6) is -2.61. The van der Waals surface area contributed by atoms with E-state index < -0.39 is 42.4 Å². The Kier molecular flexibility index (Phi) is 4.86. The number of nitrogens with one attached hydrogen (secondary N) is 2. The summed E-state index contributed by atoms with van der Waals surface area (Å²) < 4.78 is 4.89. The minimum Gasteiger partial charge on any atom is -0.463 e. The molecule has 0 radical (unpaired) electrons. The number of urea groups is 2. The SMILES string of the molecule is CCOC(=O)C1=C(CN2C(=O)C(=O)N(C(C)C)C2=O)NC(=O)NC1. The van der Waals surface area contributed by atoms with Crippen molar-refractivity contribution in [3.63, 3.8) is 0 Å². The first-order chi connectivity index (χ1) is 11.3. The number of rotatable bonds is 5. The maximum Gasteiger partial charge on any atom is 0.337 e. The lowest BCUT2D eigenvalue weighted by molar-refractivity contribution is -0.143. The van der Waals surface area contributed by atoms with Crippen LogP contribution < -0.4 is 10.6 Å². The molecule has 0 spiro atoms. The molecule has 10 heteroatoms. The van der Waals surface area contributed by atoms with Crippen molar-refractivity contribution in [3.05, 3.63) is 11.3 Å². The molecule has 0 saturated carbocycles. The van der Waals surface area contributed by atoms with Crippen LogP contribution in [0.25, 0.3) is 0 Å². The van der Waals surface area contributed by atoms with Crippen LogP contribution in [0, 0.1) is 0 Å². The fourth-order valence-corrected chi connectivity index (χ4v) is 2.36. The highest BCUT2D eigenvalue weighted by molar-refractivity contribution is 6.44. The van der Waals surface area contributed by atoms with E-state index in [0.717, 1.165) is 4.90 Å². The lowest BCUT2D eigenvalue weighted by Crippen LogP contribution is -2.48. The number of hydrogen-bond donors (Lipinski definition) is 2. The number of nitrogens with zero attached hydrogens (tertiary/aromatic N) is 2. The Balaban J connectivity index is 2.30. The number of imide groups is 2. The Labute approximate surface area is 137 Å². The molecule has 6 amide bonds. The Bertz CT molecular complexity index is 654. The maximum absolute atomic E-state index is 12.3. The van der Waals surface area contributed by atoms with Crippen LogP contribution in [-0.2, 0) is 19.1 Å². The van der Waals surface area contributed by atoms with Crippen LogP contribution in [0.4, 0.5) is 9.59 Å². The molecule has 0 bridgehead atoms. The first kappa shape index (κ1) is 17.4. The summed E-state index contributed by atoms with van der Waals surface area (Å²) in [6.07, 6.45) is 0. The van der Waals surface area contributed by atoms with Crippen molar-refractivity contribution in [2.24, 2.45) is 0 Å². The van der Waals surface area contributed by atoms with E-state index in [1.54, 1.807) is 20.8 Å². The van der Waals surface area contributed by atoms with Crippen molar-refractivity contribution in [3.8, 4) is 0 Å². The quantitative estimate of drug-likeness (QED) is 0.388. The molecule has 24 heavy (non-hydrogen) atoms. The summed E-state index contributed by atoms with van der Waals surface area (Å²) in [4.78, 5) is 61.2. The number of esters is 1. The van der Waals surface area contributed by atoms with Crippen molar-refractivity contribution < 1.29 is 28.7 Å². The number of amides is 6. The van der Waals surface area contributed by atoms with E-state index in [1.807, 2.05) is 0 Å². The number of ether oxygens (including phenoxy) is 1. The molecule has 1 fully saturated rings. The van der Waals surface area contributed by atoms with Crippen LogP contribution in [0.15, 0.2) is 11.3 Å². The van der Waals surface area contributed by atoms with Crippen molar-refractivity contribution >= 4 is 29.8 Å². The third-order valence-corrected chi connectivity index (χ3v) is 3.49. The molecule has 0 atom stereocenters. The van der Waals surface area contributed by atoms with E-state index >= 15 is 0 Å². The van der Waals surface area contributed by atoms with E-state index in [0.29, 0.717) is 4.90 Å². The van der Waals surface area contributed by atoms with Crippen LogP contribution in [0.5, 0.6) is 0 Å². The third kappa shape index (κ3) is 3.07. The lowest BCUT2D eigenvalue weighted by Gasteiger charge is -2.24. The molecule has 0 aromatic carbocycles. The van der Waals surface area contributed by atoms with Crippen molar-refractivity contribution in [2.45, 2.75) is 26.8 Å². The minimum atomic E-state index is -1.00. The van der Waals surface area contributed by atoms with Crippen LogP contribution in [-0.4, -0.2) is 65.4 Å². The smallest absolute Gasteiger partial charge is 0.337 e. The van der Waals surface area contributed by atoms with Gasteiger partial charge >= 0.3 is 29.8 Å². The summed E-state index contributed by atoms with van der Waals surface area (Å²) in [5, 5.41) is 4.80. The van der Waals surface area contributed by atoms with Gasteiger partial charge in [0.1, 0.15) is 0 Å². The van der Waals surface area contributed by atoms with Crippen LogP contribution in [0.2, 0.25) is 0 Å². The molecule has 0 unspecified atom stereocenters. The zero-order valence-electron chi connectivity index (χ0n) is 13.5. The van der Waals surface area contributed by atoms with E-state index in [9.17, 15) is 24.0 Å². The highest BCUT2D eigenvalue weighted by Gasteiger charge is 2.46. The van der Waals surface area contributed by atoms with Crippen LogP contribution in [0.3, 0.4) is 0 Å². The first-order valence-electron chi connectivity index (χ1n) is 7.40. The molecule has 2 N–H and O–H groups in total. The first-order valence-corrected chi connectivity index (χ1v) is 7.40. The Morgan fingerprint density at radius 2 is 1.88 bits per heavy atom. The van der Waals surface area contributed by atoms with E-state index in [4.69, 9.17) is 4.74 Å². The van der Waals surface area contributed by atoms with E-state index in [1.165, 1.54) is 0 Å². The summed E-state index contributed by atoms with van der Waals surface area (Å²) in [7, 11) is 0. The number of hydrogen-bond acceptors (Lipinski definition) is 6. The number of carbonyl (C=O) groups excluding carboxylic acids is 5. The zero-order chi connectivity index (χ0) is 18.0. The van der Waals surface area contributed by atoms with Gasteiger partial charge in [0.15, 0.2) is 0 Å². The monoisotopic (exact) mass is 338 g/mol. The van der Waals surface area contributed by atoms with Crippen molar-refractivity contribution in [1.29, 1.82) is 0 Å². The molecule has 0 aromatic heterocycles. The minimum absolute atomic E-state index is 0.0531. The van der Waals surface area contributed by atoms with Gasteiger partial charge in [-0.1, -0.05) is 0 Å². The molecule has 2 aliphatic heterocycles. The van der Waals surface area contributed by atoms with Gasteiger partial charge in [-0.15, -0.1) is 0 Å². The van der Waals surface area contributed by atoms with Gasteiger partial charge in [0.25, 0.3) is 0 Å². The molecule has 0 aromatic rings. The normalized spacial score (nSPS) is 18.3.